The first-order valence-corrected chi connectivity index (χ1v) is 8.12. The van der Waals surface area contributed by atoms with E-state index in [-0.39, 0.29) is 29.0 Å². The predicted molar refractivity (Wildman–Crippen MR) is 95.9 cm³/mol. The second kappa shape index (κ2) is 7.41. The number of benzene rings is 1. The van der Waals surface area contributed by atoms with Crippen LogP contribution < -0.4 is 11.2 Å². The van der Waals surface area contributed by atoms with Gasteiger partial charge in [0.1, 0.15) is 5.75 Å². The summed E-state index contributed by atoms with van der Waals surface area (Å²) in [5.74, 6) is -0.614. The Bertz CT molecular complexity index is 1010. The van der Waals surface area contributed by atoms with Gasteiger partial charge in [-0.2, -0.15) is 9.78 Å². The van der Waals surface area contributed by atoms with Crippen molar-refractivity contribution in [2.45, 2.75) is 19.8 Å². The summed E-state index contributed by atoms with van der Waals surface area (Å²) in [4.78, 5) is 12.5. The van der Waals surface area contributed by atoms with Crippen LogP contribution in [-0.4, -0.2) is 42.5 Å². The van der Waals surface area contributed by atoms with E-state index in [9.17, 15) is 9.90 Å². The number of hydrazone groups is 1. The highest BCUT2D eigenvalue weighted by Gasteiger charge is 2.25. The lowest BCUT2D eigenvalue weighted by Crippen LogP contribution is -2.21. The van der Waals surface area contributed by atoms with Gasteiger partial charge in [-0.3, -0.25) is 4.79 Å². The van der Waals surface area contributed by atoms with Gasteiger partial charge in [-0.1, -0.05) is 30.7 Å². The second-order valence-corrected chi connectivity index (χ2v) is 6.20. The van der Waals surface area contributed by atoms with Crippen molar-refractivity contribution >= 4 is 29.5 Å². The van der Waals surface area contributed by atoms with Crippen LogP contribution in [0.4, 0.5) is 5.82 Å². The lowest BCUT2D eigenvalue weighted by Gasteiger charge is -2.08. The average molecular weight is 391 g/mol. The lowest BCUT2D eigenvalue weighted by atomic mass is 10.1. The minimum atomic E-state index is -0.599. The van der Waals surface area contributed by atoms with E-state index in [0.29, 0.717) is 16.3 Å². The molecule has 2 heterocycles. The zero-order valence-electron chi connectivity index (χ0n) is 14.3. The fourth-order valence-corrected chi connectivity index (χ4v) is 2.49. The van der Waals surface area contributed by atoms with E-state index in [1.54, 1.807) is 0 Å². The number of anilines is 1. The number of nitrogen functional groups attached to an aromatic ring is 1. The second-order valence-electron chi connectivity index (χ2n) is 5.77. The molecular formula is C15H15ClN8O3. The molecule has 0 radical (unpaired) electrons. The molecule has 0 fully saturated rings. The van der Waals surface area contributed by atoms with Crippen molar-refractivity contribution < 1.29 is 14.5 Å². The molecule has 1 amide bonds. The molecular weight excluding hydrogens is 376 g/mol. The van der Waals surface area contributed by atoms with Gasteiger partial charge in [-0.15, -0.1) is 5.10 Å². The summed E-state index contributed by atoms with van der Waals surface area (Å²) in [6.07, 6.45) is 1.26. The Morgan fingerprint density at radius 3 is 2.89 bits per heavy atom. The number of phenols is 1. The Morgan fingerprint density at radius 1 is 1.44 bits per heavy atom. The first-order chi connectivity index (χ1) is 12.9. The Kier molecular flexibility index (Phi) is 5.03. The number of halogens is 1. The van der Waals surface area contributed by atoms with E-state index < -0.39 is 5.91 Å². The number of aromatic hydroxyl groups is 1. The average Bonchev–Trinajstić information content (AvgIpc) is 3.23. The molecule has 0 aliphatic carbocycles. The Labute approximate surface area is 157 Å². The van der Waals surface area contributed by atoms with Crippen molar-refractivity contribution in [1.29, 1.82) is 0 Å². The third-order valence-electron chi connectivity index (χ3n) is 3.52. The Morgan fingerprint density at radius 2 is 2.22 bits per heavy atom. The van der Waals surface area contributed by atoms with Gasteiger partial charge in [-0.05, 0) is 34.4 Å². The molecule has 0 saturated carbocycles. The van der Waals surface area contributed by atoms with E-state index in [4.69, 9.17) is 17.3 Å². The van der Waals surface area contributed by atoms with Gasteiger partial charge in [0.25, 0.3) is 5.91 Å². The van der Waals surface area contributed by atoms with Crippen molar-refractivity contribution in [1.82, 2.24) is 30.7 Å². The molecule has 27 heavy (non-hydrogen) atoms. The van der Waals surface area contributed by atoms with Crippen molar-refractivity contribution in [2.24, 2.45) is 5.10 Å². The highest BCUT2D eigenvalue weighted by Crippen LogP contribution is 2.23. The maximum atomic E-state index is 12.5. The number of amides is 1. The number of phenolic OH excluding ortho intramolecular Hbond substituents is 1. The maximum Gasteiger partial charge on any atom is 0.293 e. The third-order valence-corrected chi connectivity index (χ3v) is 3.76. The van der Waals surface area contributed by atoms with Crippen LogP contribution in [0.5, 0.6) is 5.75 Å². The molecule has 3 aromatic rings. The lowest BCUT2D eigenvalue weighted by molar-refractivity contribution is 0.0948. The smallest absolute Gasteiger partial charge is 0.293 e. The highest BCUT2D eigenvalue weighted by atomic mass is 35.5. The SMILES string of the molecule is CC(C)c1c(C(=O)N/N=C/c2cc(Cl)ccc2O)nnn1-c1nonc1N. The van der Waals surface area contributed by atoms with Crippen LogP contribution in [-0.2, 0) is 0 Å². The molecule has 0 aliphatic rings. The Balaban J connectivity index is 1.85. The van der Waals surface area contributed by atoms with Gasteiger partial charge in [0.15, 0.2) is 5.69 Å². The van der Waals surface area contributed by atoms with Gasteiger partial charge in [0.05, 0.1) is 11.9 Å². The fraction of sp³-hybridized carbons (Fsp3) is 0.200. The van der Waals surface area contributed by atoms with Crippen LogP contribution >= 0.6 is 11.6 Å². The molecule has 0 saturated heterocycles. The summed E-state index contributed by atoms with van der Waals surface area (Å²) >= 11 is 5.86. The molecule has 3 rings (SSSR count). The molecule has 4 N–H and O–H groups in total. The van der Waals surface area contributed by atoms with Gasteiger partial charge in [0.2, 0.25) is 11.6 Å². The highest BCUT2D eigenvalue weighted by molar-refractivity contribution is 6.30. The summed E-state index contributed by atoms with van der Waals surface area (Å²) in [6.45, 7) is 3.70. The van der Waals surface area contributed by atoms with Crippen molar-refractivity contribution in [2.75, 3.05) is 5.73 Å². The maximum absolute atomic E-state index is 12.5. The summed E-state index contributed by atoms with van der Waals surface area (Å²) < 4.78 is 5.86. The first kappa shape index (κ1) is 18.3. The predicted octanol–water partition coefficient (Wildman–Crippen LogP) is 1.48. The monoisotopic (exact) mass is 390 g/mol. The van der Waals surface area contributed by atoms with E-state index >= 15 is 0 Å². The summed E-state index contributed by atoms with van der Waals surface area (Å²) in [7, 11) is 0. The van der Waals surface area contributed by atoms with Gasteiger partial charge < -0.3 is 10.8 Å². The zero-order valence-corrected chi connectivity index (χ0v) is 15.0. The van der Waals surface area contributed by atoms with Crippen LogP contribution in [0, 0.1) is 0 Å². The van der Waals surface area contributed by atoms with Gasteiger partial charge in [0, 0.05) is 10.6 Å². The number of hydrogen-bond donors (Lipinski definition) is 3. The number of hydrogen-bond acceptors (Lipinski definition) is 9. The van der Waals surface area contributed by atoms with E-state index in [2.05, 4.69) is 35.8 Å². The van der Waals surface area contributed by atoms with Crippen LogP contribution in [0.15, 0.2) is 27.9 Å². The zero-order chi connectivity index (χ0) is 19.6. The van der Waals surface area contributed by atoms with E-state index in [1.807, 2.05) is 13.8 Å². The quantitative estimate of drug-likeness (QED) is 0.436. The molecule has 2 aromatic heterocycles. The molecule has 0 atom stereocenters. The number of nitrogens with one attached hydrogen (secondary N) is 1. The number of carbonyl (C=O) groups excluding carboxylic acids is 1. The van der Waals surface area contributed by atoms with Gasteiger partial charge in [-0.25, -0.2) is 10.1 Å². The summed E-state index contributed by atoms with van der Waals surface area (Å²) in [6, 6.07) is 4.46. The summed E-state index contributed by atoms with van der Waals surface area (Å²) in [5.41, 5.74) is 8.86. The van der Waals surface area contributed by atoms with E-state index in [0.717, 1.165) is 0 Å². The van der Waals surface area contributed by atoms with Crippen LogP contribution in [0.3, 0.4) is 0 Å². The fourth-order valence-electron chi connectivity index (χ4n) is 2.31. The van der Waals surface area contributed by atoms with Crippen LogP contribution in [0.25, 0.3) is 5.82 Å². The number of nitrogens with zero attached hydrogens (tertiary/aromatic N) is 6. The number of nitrogens with two attached hydrogens (primary N) is 1. The third kappa shape index (κ3) is 3.72. The molecule has 1 aromatic carbocycles. The normalized spacial score (nSPS) is 11.4. The molecule has 11 nitrogen and oxygen atoms in total. The van der Waals surface area contributed by atoms with Crippen molar-refractivity contribution in [3.8, 4) is 11.6 Å². The van der Waals surface area contributed by atoms with E-state index in [1.165, 1.54) is 29.1 Å². The van der Waals surface area contributed by atoms with Crippen molar-refractivity contribution in [3.05, 3.63) is 40.2 Å². The largest absolute Gasteiger partial charge is 0.507 e. The van der Waals surface area contributed by atoms with Gasteiger partial charge >= 0.3 is 0 Å². The number of rotatable bonds is 5. The first-order valence-electron chi connectivity index (χ1n) is 7.74. The Hall–Kier alpha value is -3.47. The summed E-state index contributed by atoms with van der Waals surface area (Å²) in [5, 5.41) is 28.9. The number of aromatic nitrogens is 5. The standard InChI is InChI=1S/C15H15ClN8O3/c1-7(2)12-11(19-23-24(12)14-13(17)21-27-22-14)15(26)20-18-6-8-5-9(16)3-4-10(8)25/h3-7,25H,1-2H3,(H2,17,21)(H,20,26)/b18-6+. The molecule has 0 spiro atoms. The van der Waals surface area contributed by atoms with Crippen molar-refractivity contribution in [3.63, 3.8) is 0 Å². The topological polar surface area (TPSA) is 157 Å². The minimum Gasteiger partial charge on any atom is -0.507 e. The molecule has 0 bridgehead atoms. The van der Waals surface area contributed by atoms with Crippen LogP contribution in [0.1, 0.15) is 41.5 Å². The minimum absolute atomic E-state index is 0.0169. The number of carbonyl (C=O) groups is 1. The molecule has 0 unspecified atom stereocenters. The van der Waals surface area contributed by atoms with Crippen LogP contribution in [0.2, 0.25) is 5.02 Å². The molecule has 140 valence electrons. The molecule has 12 heteroatoms. The molecule has 0 aliphatic heterocycles.